The van der Waals surface area contributed by atoms with Gasteiger partial charge >= 0.3 is 5.97 Å². The van der Waals surface area contributed by atoms with Crippen molar-refractivity contribution in [2.75, 3.05) is 0 Å². The molecule has 20 heavy (non-hydrogen) atoms. The first kappa shape index (κ1) is 14.0. The monoisotopic (exact) mass is 283 g/mol. The summed E-state index contributed by atoms with van der Waals surface area (Å²) < 4.78 is 57.4. The third-order valence-electron chi connectivity index (χ3n) is 2.57. The Morgan fingerprint density at radius 3 is 2.20 bits per heavy atom. The number of hydrogen-bond acceptors (Lipinski definition) is 2. The first-order valence-corrected chi connectivity index (χ1v) is 5.52. The largest absolute Gasteiger partial charge is 0.416 e. The molecule has 6 heteroatoms. The summed E-state index contributed by atoms with van der Waals surface area (Å²) in [5.74, 6) is -6.90. The molecule has 2 nitrogen and oxygen atoms in total. The van der Waals surface area contributed by atoms with Gasteiger partial charge in [-0.15, -0.1) is 0 Å². The molecule has 2 aromatic rings. The predicted octanol–water partition coefficient (Wildman–Crippen LogP) is 3.77. The van der Waals surface area contributed by atoms with Crippen molar-refractivity contribution in [2.45, 2.75) is 6.92 Å². The number of benzene rings is 2. The molecule has 2 aromatic carbocycles. The van der Waals surface area contributed by atoms with Gasteiger partial charge in [0, 0.05) is 0 Å². The smallest absolute Gasteiger partial charge is 0.343 e. The van der Waals surface area contributed by atoms with Crippen LogP contribution in [-0.2, 0) is 0 Å². The van der Waals surface area contributed by atoms with Gasteiger partial charge in [-0.1, -0.05) is 0 Å². The SMILES string of the molecule is Cc1cc(F)c(F)c(OC(=O)c2ccc([18F])cc2)c1F. The molecule has 0 saturated heterocycles. The molecular formula is C14H8F4O2. The van der Waals surface area contributed by atoms with E-state index in [-0.39, 0.29) is 11.1 Å². The average molecular weight is 283 g/mol. The van der Waals surface area contributed by atoms with Crippen LogP contribution in [-0.4, -0.2) is 5.97 Å². The summed E-state index contributed by atoms with van der Waals surface area (Å²) in [6.07, 6.45) is 0. The molecule has 0 bridgehead atoms. The zero-order valence-corrected chi connectivity index (χ0v) is 10.2. The minimum atomic E-state index is -1.59. The van der Waals surface area contributed by atoms with Crippen LogP contribution in [0.4, 0.5) is 17.6 Å². The second-order valence-electron chi connectivity index (χ2n) is 4.03. The Balaban J connectivity index is 2.35. The first-order chi connectivity index (χ1) is 9.40. The number of carbonyl (C=O) groups excluding carboxylic acids is 1. The Morgan fingerprint density at radius 2 is 1.60 bits per heavy atom. The molecule has 0 atom stereocenters. The Morgan fingerprint density at radius 1 is 1.00 bits per heavy atom. The van der Waals surface area contributed by atoms with E-state index in [1.54, 1.807) is 0 Å². The third kappa shape index (κ3) is 2.64. The number of halogens is 4. The van der Waals surface area contributed by atoms with E-state index >= 15 is 0 Å². The van der Waals surface area contributed by atoms with Crippen LogP contribution in [0.25, 0.3) is 0 Å². The van der Waals surface area contributed by atoms with E-state index in [9.17, 15) is 22.4 Å². The van der Waals surface area contributed by atoms with Crippen molar-refractivity contribution in [1.82, 2.24) is 0 Å². The molecule has 0 fully saturated rings. The van der Waals surface area contributed by atoms with Gasteiger partial charge in [-0.3, -0.25) is 0 Å². The summed E-state index contributed by atoms with van der Waals surface area (Å²) in [5.41, 5.74) is -0.321. The van der Waals surface area contributed by atoms with E-state index in [0.717, 1.165) is 24.3 Å². The minimum absolute atomic E-state index is 0.118. The van der Waals surface area contributed by atoms with Gasteiger partial charge in [-0.2, -0.15) is 4.39 Å². The highest BCUT2D eigenvalue weighted by Gasteiger charge is 2.21. The summed E-state index contributed by atoms with van der Waals surface area (Å²) in [5, 5.41) is 0. The number of esters is 1. The van der Waals surface area contributed by atoms with E-state index in [2.05, 4.69) is 4.74 Å². The second kappa shape index (κ2) is 5.32. The second-order valence-corrected chi connectivity index (χ2v) is 4.03. The quantitative estimate of drug-likeness (QED) is 0.363. The summed E-state index contributed by atoms with van der Waals surface area (Å²) in [7, 11) is 0. The molecule has 0 aliphatic heterocycles. The van der Waals surface area contributed by atoms with Crippen LogP contribution in [0.15, 0.2) is 30.3 Å². The van der Waals surface area contributed by atoms with Gasteiger partial charge in [0.15, 0.2) is 11.6 Å². The van der Waals surface area contributed by atoms with Crippen LogP contribution in [0.2, 0.25) is 0 Å². The molecule has 0 spiro atoms. The van der Waals surface area contributed by atoms with E-state index in [1.165, 1.54) is 6.92 Å². The molecule has 2 rings (SSSR count). The number of hydrogen-bond donors (Lipinski definition) is 0. The van der Waals surface area contributed by atoms with Crippen molar-refractivity contribution in [3.05, 3.63) is 64.7 Å². The van der Waals surface area contributed by atoms with Crippen LogP contribution in [0.5, 0.6) is 5.75 Å². The Bertz CT molecular complexity index is 640. The summed E-state index contributed by atoms with van der Waals surface area (Å²) >= 11 is 0. The highest BCUT2D eigenvalue weighted by atomic mass is 19.2. The third-order valence-corrected chi connectivity index (χ3v) is 2.57. The molecule has 0 amide bonds. The lowest BCUT2D eigenvalue weighted by Crippen LogP contribution is -2.12. The molecule has 104 valence electrons. The fourth-order valence-corrected chi connectivity index (χ4v) is 1.53. The van der Waals surface area contributed by atoms with Gasteiger partial charge in [0.25, 0.3) is 0 Å². The maximum atomic E-state index is 13.6. The average Bonchev–Trinajstić information content (AvgIpc) is 2.42. The van der Waals surface area contributed by atoms with Gasteiger partial charge in [-0.25, -0.2) is 18.0 Å². The van der Waals surface area contributed by atoms with Crippen LogP contribution < -0.4 is 4.74 Å². The lowest BCUT2D eigenvalue weighted by Gasteiger charge is -2.09. The molecule has 0 saturated carbocycles. The first-order valence-electron chi connectivity index (χ1n) is 5.52. The molecular weight excluding hydrogens is 275 g/mol. The number of aryl methyl sites for hydroxylation is 1. The van der Waals surface area contributed by atoms with Crippen molar-refractivity contribution in [2.24, 2.45) is 0 Å². The molecule has 0 aliphatic carbocycles. The molecule has 0 unspecified atom stereocenters. The van der Waals surface area contributed by atoms with Crippen LogP contribution in [0, 0.1) is 30.2 Å². The van der Waals surface area contributed by atoms with Crippen molar-refractivity contribution in [3.63, 3.8) is 0 Å². The van der Waals surface area contributed by atoms with Crippen molar-refractivity contribution in [3.8, 4) is 5.75 Å². The van der Waals surface area contributed by atoms with Crippen LogP contribution in [0.3, 0.4) is 0 Å². The molecule has 0 heterocycles. The predicted molar refractivity (Wildman–Crippen MR) is 62.4 cm³/mol. The number of rotatable bonds is 2. The van der Waals surface area contributed by atoms with Crippen molar-refractivity contribution in [1.29, 1.82) is 0 Å². The van der Waals surface area contributed by atoms with E-state index in [0.29, 0.717) is 6.07 Å². The van der Waals surface area contributed by atoms with Crippen molar-refractivity contribution < 1.29 is 27.1 Å². The van der Waals surface area contributed by atoms with E-state index in [4.69, 9.17) is 0 Å². The van der Waals surface area contributed by atoms with E-state index < -0.39 is 35.0 Å². The standard InChI is InChI=1S/C14H8F4O2/c1-7-6-10(16)12(18)13(11(7)17)20-14(19)8-2-4-9(15)5-3-8/h2-6H,1H3/i15-1. The minimum Gasteiger partial charge on any atom is -0.416 e. The molecule has 0 radical (unpaired) electrons. The van der Waals surface area contributed by atoms with Crippen molar-refractivity contribution >= 4 is 5.97 Å². The topological polar surface area (TPSA) is 26.3 Å². The fourth-order valence-electron chi connectivity index (χ4n) is 1.53. The zero-order chi connectivity index (χ0) is 14.9. The van der Waals surface area contributed by atoms with Gasteiger partial charge in [0.05, 0.1) is 5.56 Å². The van der Waals surface area contributed by atoms with Crippen LogP contribution in [0.1, 0.15) is 15.9 Å². The lowest BCUT2D eigenvalue weighted by molar-refractivity contribution is 0.0718. The van der Waals surface area contributed by atoms with Crippen LogP contribution >= 0.6 is 0 Å². The van der Waals surface area contributed by atoms with Gasteiger partial charge in [0.1, 0.15) is 5.82 Å². The van der Waals surface area contributed by atoms with E-state index in [1.807, 2.05) is 0 Å². The fraction of sp³-hybridized carbons (Fsp3) is 0.0714. The summed E-state index contributed by atoms with van der Waals surface area (Å²) in [6.45, 7) is 1.20. The highest BCUT2D eigenvalue weighted by Crippen LogP contribution is 2.27. The summed E-state index contributed by atoms with van der Waals surface area (Å²) in [4.78, 5) is 11.7. The zero-order valence-electron chi connectivity index (χ0n) is 10.2. The highest BCUT2D eigenvalue weighted by molar-refractivity contribution is 5.91. The Hall–Kier alpha value is -2.37. The Labute approximate surface area is 111 Å². The number of carbonyl (C=O) groups is 1. The lowest BCUT2D eigenvalue weighted by atomic mass is 10.2. The number of ether oxygens (including phenoxy) is 1. The van der Waals surface area contributed by atoms with Gasteiger partial charge < -0.3 is 4.74 Å². The maximum Gasteiger partial charge on any atom is 0.343 e. The van der Waals surface area contributed by atoms with Gasteiger partial charge in [0.2, 0.25) is 11.6 Å². The molecule has 0 N–H and O–H groups in total. The summed E-state index contributed by atoms with van der Waals surface area (Å²) in [6, 6.07) is 4.79. The Kier molecular flexibility index (Phi) is 3.74. The normalized spacial score (nSPS) is 10.4. The molecule has 0 aromatic heterocycles. The van der Waals surface area contributed by atoms with Gasteiger partial charge in [-0.05, 0) is 42.8 Å². The maximum absolute atomic E-state index is 13.6. The molecule has 0 aliphatic rings.